The molecule has 2 amide bonds. The van der Waals surface area contributed by atoms with Gasteiger partial charge in [-0.25, -0.2) is 9.97 Å². The molecule has 6 nitrogen and oxygen atoms in total. The van der Waals surface area contributed by atoms with Crippen molar-refractivity contribution >= 4 is 73.4 Å². The minimum atomic E-state index is -0.313. The number of aromatic nitrogens is 2. The number of carbonyl (C=O) groups is 2. The third kappa shape index (κ3) is 5.78. The van der Waals surface area contributed by atoms with E-state index in [4.69, 9.17) is 0 Å². The third-order valence-electron chi connectivity index (χ3n) is 4.17. The molecule has 2 aromatic heterocycles. The second kappa shape index (κ2) is 9.86. The zero-order chi connectivity index (χ0) is 21.6. The molecule has 2 N–H and O–H groups in total. The molecular weight excluding hydrogens is 448 g/mol. The van der Waals surface area contributed by atoms with Gasteiger partial charge in [0.1, 0.15) is 0 Å². The van der Waals surface area contributed by atoms with Crippen LogP contribution in [-0.4, -0.2) is 27.0 Å². The molecule has 0 saturated heterocycles. The molecule has 0 unspecified atom stereocenters. The second-order valence-corrected chi connectivity index (χ2v) is 10.00. The van der Waals surface area contributed by atoms with Gasteiger partial charge in [-0.3, -0.25) is 9.59 Å². The molecule has 0 aliphatic rings. The molecule has 2 heterocycles. The maximum atomic E-state index is 12.3. The Morgan fingerprint density at radius 1 is 1.13 bits per heavy atom. The van der Waals surface area contributed by atoms with Gasteiger partial charge in [-0.15, -0.1) is 22.7 Å². The summed E-state index contributed by atoms with van der Waals surface area (Å²) in [5, 5.41) is 7.76. The minimum Gasteiger partial charge on any atom is -0.322 e. The minimum absolute atomic E-state index is 0.114. The van der Waals surface area contributed by atoms with Gasteiger partial charge in [-0.2, -0.15) is 0 Å². The molecule has 9 heteroatoms. The first kappa shape index (κ1) is 21.2. The van der Waals surface area contributed by atoms with Gasteiger partial charge in [0.05, 0.1) is 15.5 Å². The first-order valence-electron chi connectivity index (χ1n) is 9.38. The van der Waals surface area contributed by atoms with E-state index >= 15 is 0 Å². The Morgan fingerprint density at radius 2 is 1.97 bits per heavy atom. The number of carbonyl (C=O) groups excluding carboxylic acids is 2. The van der Waals surface area contributed by atoms with Crippen LogP contribution in [0.1, 0.15) is 12.5 Å². The SMILES string of the molecule is C[C@@H](Sc1nc2ccc(NC(=O)/C=C/c3ccccc3)cc2s1)C(=O)Nc1nccs1. The fourth-order valence-corrected chi connectivity index (χ4v) is 5.43. The number of nitrogens with zero attached hydrogens (tertiary/aromatic N) is 2. The number of fused-ring (bicyclic) bond motifs is 1. The second-order valence-electron chi connectivity index (χ2n) is 6.48. The Morgan fingerprint density at radius 3 is 2.74 bits per heavy atom. The van der Waals surface area contributed by atoms with Gasteiger partial charge < -0.3 is 10.6 Å². The van der Waals surface area contributed by atoms with Crippen LogP contribution in [0.4, 0.5) is 10.8 Å². The van der Waals surface area contributed by atoms with Crippen molar-refractivity contribution in [3.63, 3.8) is 0 Å². The molecule has 0 aliphatic heterocycles. The van der Waals surface area contributed by atoms with Crippen molar-refractivity contribution in [1.82, 2.24) is 9.97 Å². The Labute approximate surface area is 191 Å². The molecule has 1 atom stereocenters. The maximum absolute atomic E-state index is 12.3. The number of nitrogens with one attached hydrogen (secondary N) is 2. The molecule has 31 heavy (non-hydrogen) atoms. The van der Waals surface area contributed by atoms with Crippen LogP contribution in [0.3, 0.4) is 0 Å². The number of anilines is 2. The van der Waals surface area contributed by atoms with Crippen molar-refractivity contribution in [1.29, 1.82) is 0 Å². The van der Waals surface area contributed by atoms with E-state index in [1.165, 1.54) is 40.5 Å². The molecule has 4 rings (SSSR count). The summed E-state index contributed by atoms with van der Waals surface area (Å²) in [6, 6.07) is 15.2. The number of benzene rings is 2. The highest BCUT2D eigenvalue weighted by molar-refractivity contribution is 8.02. The first-order valence-corrected chi connectivity index (χ1v) is 12.0. The zero-order valence-corrected chi connectivity index (χ0v) is 18.9. The van der Waals surface area contributed by atoms with E-state index in [1.807, 2.05) is 60.8 Å². The lowest BCUT2D eigenvalue weighted by molar-refractivity contribution is -0.115. The third-order valence-corrected chi connectivity index (χ3v) is 7.07. The van der Waals surface area contributed by atoms with Crippen LogP contribution in [0, 0.1) is 0 Å². The van der Waals surface area contributed by atoms with Crippen LogP contribution in [0.25, 0.3) is 16.3 Å². The van der Waals surface area contributed by atoms with Gasteiger partial charge in [0.15, 0.2) is 9.47 Å². The smallest absolute Gasteiger partial charge is 0.248 e. The van der Waals surface area contributed by atoms with Crippen LogP contribution >= 0.6 is 34.4 Å². The highest BCUT2D eigenvalue weighted by Gasteiger charge is 2.18. The number of thioether (sulfide) groups is 1. The standard InChI is InChI=1S/C22H18N4O2S3/c1-14(20(28)26-21-23-11-12-29-21)30-22-25-17-9-8-16(13-18(17)31-22)24-19(27)10-7-15-5-3-2-4-6-15/h2-14H,1H3,(H,24,27)(H,23,26,28)/b10-7+/t14-/m1/s1. The van der Waals surface area contributed by atoms with E-state index in [1.54, 1.807) is 12.3 Å². The monoisotopic (exact) mass is 466 g/mol. The molecule has 0 bridgehead atoms. The summed E-state index contributed by atoms with van der Waals surface area (Å²) in [4.78, 5) is 33.2. The summed E-state index contributed by atoms with van der Waals surface area (Å²) in [6.07, 6.45) is 4.93. The average molecular weight is 467 g/mol. The van der Waals surface area contributed by atoms with Crippen molar-refractivity contribution in [3.05, 3.63) is 71.7 Å². The van der Waals surface area contributed by atoms with Gasteiger partial charge in [0.2, 0.25) is 11.8 Å². The van der Waals surface area contributed by atoms with Crippen molar-refractivity contribution < 1.29 is 9.59 Å². The molecule has 0 fully saturated rings. The van der Waals surface area contributed by atoms with E-state index in [2.05, 4.69) is 20.6 Å². The van der Waals surface area contributed by atoms with Gasteiger partial charge in [-0.1, -0.05) is 42.1 Å². The molecule has 0 aliphatic carbocycles. The van der Waals surface area contributed by atoms with E-state index < -0.39 is 0 Å². The fraction of sp³-hybridized carbons (Fsp3) is 0.0909. The predicted molar refractivity (Wildman–Crippen MR) is 130 cm³/mol. The van der Waals surface area contributed by atoms with Crippen LogP contribution in [0.2, 0.25) is 0 Å². The van der Waals surface area contributed by atoms with Gasteiger partial charge in [0, 0.05) is 23.3 Å². The van der Waals surface area contributed by atoms with E-state index in [0.29, 0.717) is 10.8 Å². The molecule has 4 aromatic rings. The summed E-state index contributed by atoms with van der Waals surface area (Å²) < 4.78 is 1.74. The van der Waals surface area contributed by atoms with Crippen molar-refractivity contribution in [3.8, 4) is 0 Å². The fourth-order valence-electron chi connectivity index (χ4n) is 2.65. The molecular formula is C22H18N4O2S3. The normalized spacial score (nSPS) is 12.2. The van der Waals surface area contributed by atoms with Gasteiger partial charge in [-0.05, 0) is 36.8 Å². The Hall–Kier alpha value is -3.01. The first-order chi connectivity index (χ1) is 15.1. The molecule has 156 valence electrons. The predicted octanol–water partition coefficient (Wildman–Crippen LogP) is 5.52. The van der Waals surface area contributed by atoms with Crippen LogP contribution < -0.4 is 10.6 Å². The molecule has 2 aromatic carbocycles. The number of hydrogen-bond donors (Lipinski definition) is 2. The lowest BCUT2D eigenvalue weighted by atomic mass is 10.2. The summed E-state index contributed by atoms with van der Waals surface area (Å²) in [5.41, 5.74) is 2.49. The summed E-state index contributed by atoms with van der Waals surface area (Å²) in [6.45, 7) is 1.84. The number of thiazole rings is 2. The van der Waals surface area contributed by atoms with E-state index in [0.717, 1.165) is 20.1 Å². The van der Waals surface area contributed by atoms with Crippen molar-refractivity contribution in [2.75, 3.05) is 10.6 Å². The van der Waals surface area contributed by atoms with Crippen LogP contribution in [-0.2, 0) is 9.59 Å². The average Bonchev–Trinajstić information content (AvgIpc) is 3.42. The van der Waals surface area contributed by atoms with Gasteiger partial charge in [0.25, 0.3) is 0 Å². The molecule has 0 spiro atoms. The summed E-state index contributed by atoms with van der Waals surface area (Å²) >= 11 is 4.27. The van der Waals surface area contributed by atoms with E-state index in [-0.39, 0.29) is 17.1 Å². The highest BCUT2D eigenvalue weighted by Crippen LogP contribution is 2.33. The topological polar surface area (TPSA) is 84.0 Å². The van der Waals surface area contributed by atoms with Crippen LogP contribution in [0.15, 0.2) is 70.5 Å². The maximum Gasteiger partial charge on any atom is 0.248 e. The number of hydrogen-bond acceptors (Lipinski definition) is 7. The number of rotatable bonds is 7. The molecule has 0 saturated carbocycles. The largest absolute Gasteiger partial charge is 0.322 e. The van der Waals surface area contributed by atoms with Crippen molar-refractivity contribution in [2.45, 2.75) is 16.5 Å². The Balaban J connectivity index is 1.39. The zero-order valence-electron chi connectivity index (χ0n) is 16.4. The quantitative estimate of drug-likeness (QED) is 0.277. The van der Waals surface area contributed by atoms with Crippen LogP contribution in [0.5, 0.6) is 0 Å². The van der Waals surface area contributed by atoms with Gasteiger partial charge >= 0.3 is 0 Å². The summed E-state index contributed by atoms with van der Waals surface area (Å²) in [7, 11) is 0. The lowest BCUT2D eigenvalue weighted by Crippen LogP contribution is -2.22. The number of amides is 2. The Bertz CT molecular complexity index is 1220. The van der Waals surface area contributed by atoms with Crippen molar-refractivity contribution in [2.24, 2.45) is 0 Å². The highest BCUT2D eigenvalue weighted by atomic mass is 32.2. The lowest BCUT2D eigenvalue weighted by Gasteiger charge is -2.07. The summed E-state index contributed by atoms with van der Waals surface area (Å²) in [5.74, 6) is -0.313. The molecule has 0 radical (unpaired) electrons. The Kier molecular flexibility index (Phi) is 6.76. The van der Waals surface area contributed by atoms with E-state index in [9.17, 15) is 9.59 Å².